The van der Waals surface area contributed by atoms with Gasteiger partial charge in [0, 0.05) is 24.7 Å². The van der Waals surface area contributed by atoms with Crippen LogP contribution in [0.5, 0.6) is 5.75 Å². The van der Waals surface area contributed by atoms with Gasteiger partial charge in [-0.3, -0.25) is 0 Å². The maximum absolute atomic E-state index is 10.4. The lowest BCUT2D eigenvalue weighted by atomic mass is 9.72. The SMILES string of the molecule is CC(C)(C)C1CCNc2cc(O)c(Cc3ccccc3)cc21. The standard InChI is InChI=1S/C20H25NO/c1-20(2,3)17-9-10-21-18-13-19(22)15(12-16(17)18)11-14-7-5-4-6-8-14/h4-8,12-13,17,21-22H,9-11H2,1-3H3. The molecule has 2 aromatic carbocycles. The molecule has 0 saturated heterocycles. The van der Waals surface area contributed by atoms with E-state index in [-0.39, 0.29) is 5.41 Å². The Bertz CT molecular complexity index is 655. The monoisotopic (exact) mass is 295 g/mol. The van der Waals surface area contributed by atoms with E-state index >= 15 is 0 Å². The highest BCUT2D eigenvalue weighted by Gasteiger charge is 2.31. The fraction of sp³-hybridized carbons (Fsp3) is 0.400. The molecule has 116 valence electrons. The van der Waals surface area contributed by atoms with Crippen LogP contribution in [0.1, 0.15) is 49.8 Å². The van der Waals surface area contributed by atoms with Gasteiger partial charge in [-0.2, -0.15) is 0 Å². The summed E-state index contributed by atoms with van der Waals surface area (Å²) in [4.78, 5) is 0. The number of phenols is 1. The van der Waals surface area contributed by atoms with E-state index in [9.17, 15) is 5.11 Å². The van der Waals surface area contributed by atoms with Gasteiger partial charge in [-0.25, -0.2) is 0 Å². The highest BCUT2D eigenvalue weighted by atomic mass is 16.3. The third kappa shape index (κ3) is 2.96. The number of hydrogen-bond acceptors (Lipinski definition) is 2. The molecule has 2 heteroatoms. The summed E-state index contributed by atoms with van der Waals surface area (Å²) in [5.74, 6) is 0.920. The van der Waals surface area contributed by atoms with Crippen molar-refractivity contribution in [3.63, 3.8) is 0 Å². The molecule has 0 amide bonds. The molecule has 0 spiro atoms. The Morgan fingerprint density at radius 3 is 2.55 bits per heavy atom. The first-order valence-electron chi connectivity index (χ1n) is 8.09. The van der Waals surface area contributed by atoms with Crippen LogP contribution in [0, 0.1) is 5.41 Å². The molecule has 1 aliphatic rings. The van der Waals surface area contributed by atoms with Gasteiger partial charge < -0.3 is 10.4 Å². The summed E-state index contributed by atoms with van der Waals surface area (Å²) in [5, 5.41) is 13.8. The predicted octanol–water partition coefficient (Wildman–Crippen LogP) is 4.93. The van der Waals surface area contributed by atoms with Crippen molar-refractivity contribution in [3.8, 4) is 5.75 Å². The number of hydrogen-bond donors (Lipinski definition) is 2. The van der Waals surface area contributed by atoms with Crippen LogP contribution in [0.3, 0.4) is 0 Å². The zero-order valence-corrected chi connectivity index (χ0v) is 13.7. The normalized spacial score (nSPS) is 17.7. The number of benzene rings is 2. The predicted molar refractivity (Wildman–Crippen MR) is 92.7 cm³/mol. The molecule has 1 atom stereocenters. The maximum atomic E-state index is 10.4. The van der Waals surface area contributed by atoms with E-state index in [4.69, 9.17) is 0 Å². The van der Waals surface area contributed by atoms with Crippen LogP contribution < -0.4 is 5.32 Å². The average Bonchev–Trinajstić information content (AvgIpc) is 2.47. The molecule has 0 aromatic heterocycles. The average molecular weight is 295 g/mol. The summed E-state index contributed by atoms with van der Waals surface area (Å²) in [6.45, 7) is 7.88. The number of aromatic hydroxyl groups is 1. The molecule has 0 bridgehead atoms. The smallest absolute Gasteiger partial charge is 0.121 e. The third-order valence-corrected chi connectivity index (χ3v) is 4.66. The molecule has 2 N–H and O–H groups in total. The number of phenolic OH excluding ortho intramolecular Hbond substituents is 1. The Hall–Kier alpha value is -1.96. The summed E-state index contributed by atoms with van der Waals surface area (Å²) in [6, 6.07) is 14.5. The Labute approximate surface area is 133 Å². The number of fused-ring (bicyclic) bond motifs is 1. The Balaban J connectivity index is 1.99. The fourth-order valence-corrected chi connectivity index (χ4v) is 3.46. The first-order valence-corrected chi connectivity index (χ1v) is 8.09. The van der Waals surface area contributed by atoms with Gasteiger partial charge >= 0.3 is 0 Å². The fourth-order valence-electron chi connectivity index (χ4n) is 3.46. The summed E-state index contributed by atoms with van der Waals surface area (Å²) >= 11 is 0. The molecule has 3 rings (SSSR count). The molecule has 0 saturated carbocycles. The van der Waals surface area contributed by atoms with Gasteiger partial charge in [-0.15, -0.1) is 0 Å². The van der Waals surface area contributed by atoms with E-state index in [1.165, 1.54) is 11.1 Å². The summed E-state index contributed by atoms with van der Waals surface area (Å²) in [6.07, 6.45) is 1.92. The topological polar surface area (TPSA) is 32.3 Å². The Morgan fingerprint density at radius 1 is 1.14 bits per heavy atom. The molecule has 22 heavy (non-hydrogen) atoms. The van der Waals surface area contributed by atoms with E-state index in [1.54, 1.807) is 0 Å². The first kappa shape index (κ1) is 15.0. The second kappa shape index (κ2) is 5.68. The minimum Gasteiger partial charge on any atom is -0.508 e. The van der Waals surface area contributed by atoms with Crippen LogP contribution in [-0.4, -0.2) is 11.7 Å². The van der Waals surface area contributed by atoms with Crippen LogP contribution >= 0.6 is 0 Å². The highest BCUT2D eigenvalue weighted by molar-refractivity contribution is 5.61. The third-order valence-electron chi connectivity index (χ3n) is 4.66. The van der Waals surface area contributed by atoms with Gasteiger partial charge in [0.25, 0.3) is 0 Å². The van der Waals surface area contributed by atoms with Gasteiger partial charge in [-0.1, -0.05) is 51.1 Å². The molecule has 0 radical (unpaired) electrons. The Morgan fingerprint density at radius 2 is 1.86 bits per heavy atom. The summed E-state index contributed by atoms with van der Waals surface area (Å²) in [7, 11) is 0. The van der Waals surface area contributed by atoms with Crippen molar-refractivity contribution in [1.29, 1.82) is 0 Å². The van der Waals surface area contributed by atoms with E-state index in [2.05, 4.69) is 44.3 Å². The van der Waals surface area contributed by atoms with Crippen molar-refractivity contribution in [1.82, 2.24) is 0 Å². The van der Waals surface area contributed by atoms with Crippen molar-refractivity contribution in [2.75, 3.05) is 11.9 Å². The van der Waals surface area contributed by atoms with Crippen LogP contribution in [-0.2, 0) is 6.42 Å². The molecule has 0 fully saturated rings. The molecule has 0 aliphatic carbocycles. The van der Waals surface area contributed by atoms with E-state index < -0.39 is 0 Å². The molecule has 2 nitrogen and oxygen atoms in total. The minimum atomic E-state index is 0.234. The second-order valence-electron chi connectivity index (χ2n) is 7.36. The van der Waals surface area contributed by atoms with Crippen LogP contribution in [0.15, 0.2) is 42.5 Å². The van der Waals surface area contributed by atoms with Gasteiger partial charge in [-0.05, 0) is 40.5 Å². The van der Waals surface area contributed by atoms with Crippen LogP contribution in [0.4, 0.5) is 5.69 Å². The Kier molecular flexibility index (Phi) is 3.86. The quantitative estimate of drug-likeness (QED) is 0.823. The minimum absolute atomic E-state index is 0.234. The lowest BCUT2D eigenvalue weighted by Crippen LogP contribution is -2.26. The summed E-state index contributed by atoms with van der Waals surface area (Å²) < 4.78 is 0. The van der Waals surface area contributed by atoms with Crippen molar-refractivity contribution in [2.24, 2.45) is 5.41 Å². The molecule has 1 heterocycles. The van der Waals surface area contributed by atoms with Crippen LogP contribution in [0.25, 0.3) is 0 Å². The lowest BCUT2D eigenvalue weighted by molar-refractivity contribution is 0.305. The van der Waals surface area contributed by atoms with Crippen molar-refractivity contribution in [2.45, 2.75) is 39.5 Å². The van der Waals surface area contributed by atoms with Crippen molar-refractivity contribution in [3.05, 3.63) is 59.2 Å². The van der Waals surface area contributed by atoms with Crippen molar-refractivity contribution < 1.29 is 5.11 Å². The molecular weight excluding hydrogens is 270 g/mol. The first-order chi connectivity index (χ1) is 10.4. The summed E-state index contributed by atoms with van der Waals surface area (Å²) in [5.41, 5.74) is 4.93. The van der Waals surface area contributed by atoms with Crippen molar-refractivity contribution >= 4 is 5.69 Å². The second-order valence-corrected chi connectivity index (χ2v) is 7.36. The van der Waals surface area contributed by atoms with E-state index in [0.717, 1.165) is 30.6 Å². The zero-order chi connectivity index (χ0) is 15.7. The molecule has 1 unspecified atom stereocenters. The van der Waals surface area contributed by atoms with Gasteiger partial charge in [0.15, 0.2) is 0 Å². The maximum Gasteiger partial charge on any atom is 0.121 e. The number of rotatable bonds is 2. The molecule has 1 aliphatic heterocycles. The van der Waals surface area contributed by atoms with Crippen LogP contribution in [0.2, 0.25) is 0 Å². The van der Waals surface area contributed by atoms with E-state index in [1.807, 2.05) is 24.3 Å². The van der Waals surface area contributed by atoms with Gasteiger partial charge in [0.1, 0.15) is 5.75 Å². The number of nitrogens with one attached hydrogen (secondary N) is 1. The zero-order valence-electron chi connectivity index (χ0n) is 13.7. The van der Waals surface area contributed by atoms with E-state index in [0.29, 0.717) is 11.7 Å². The molecule has 2 aromatic rings. The lowest BCUT2D eigenvalue weighted by Gasteiger charge is -2.36. The number of anilines is 1. The highest BCUT2D eigenvalue weighted by Crippen LogP contribution is 2.45. The van der Waals surface area contributed by atoms with Gasteiger partial charge in [0.2, 0.25) is 0 Å². The van der Waals surface area contributed by atoms with Gasteiger partial charge in [0.05, 0.1) is 0 Å². The largest absolute Gasteiger partial charge is 0.508 e. The molecular formula is C20H25NO.